The molecule has 0 aromatic carbocycles. The van der Waals surface area contributed by atoms with E-state index < -0.39 is 10.0 Å². The van der Waals surface area contributed by atoms with Crippen molar-refractivity contribution >= 4 is 21.8 Å². The van der Waals surface area contributed by atoms with Gasteiger partial charge in [-0.05, 0) is 18.4 Å². The zero-order valence-corrected chi connectivity index (χ0v) is 7.69. The van der Waals surface area contributed by atoms with Crippen LogP contribution >= 0.6 is 11.8 Å². The third kappa shape index (κ3) is 1.91. The molecule has 0 aliphatic heterocycles. The molecule has 1 rings (SSSR count). The molecule has 0 unspecified atom stereocenters. The van der Waals surface area contributed by atoms with Gasteiger partial charge < -0.3 is 0 Å². The van der Waals surface area contributed by atoms with E-state index in [1.807, 2.05) is 0 Å². The van der Waals surface area contributed by atoms with Gasteiger partial charge >= 0.3 is 0 Å². The number of sulfonamides is 1. The summed E-state index contributed by atoms with van der Waals surface area (Å²) in [5.41, 5.74) is 0.753. The summed E-state index contributed by atoms with van der Waals surface area (Å²) in [6.07, 6.45) is 6.07. The van der Waals surface area contributed by atoms with Gasteiger partial charge in [-0.15, -0.1) is 4.24 Å². The first-order valence-electron chi connectivity index (χ1n) is 3.11. The maximum Gasteiger partial charge on any atom is 0.288 e. The lowest BCUT2D eigenvalue weighted by Gasteiger charge is -2.00. The molecule has 0 bridgehead atoms. The zero-order valence-electron chi connectivity index (χ0n) is 6.12. The second kappa shape index (κ2) is 3.35. The Hall–Kier alpha value is -0.710. The molecule has 0 atom stereocenters. The summed E-state index contributed by atoms with van der Waals surface area (Å²) in [6.45, 7) is 3.62. The lowest BCUT2D eigenvalue weighted by atomic mass is 10.1. The average molecular weight is 205 g/mol. The van der Waals surface area contributed by atoms with Gasteiger partial charge in [0.1, 0.15) is 0 Å². The molecular formula is C7H7ClNO2S+. The van der Waals surface area contributed by atoms with E-state index in [2.05, 4.69) is 6.58 Å². The molecule has 0 saturated heterocycles. The monoisotopic (exact) mass is 204 g/mol. The molecule has 64 valence electrons. The first-order valence-corrected chi connectivity index (χ1v) is 4.97. The standard InChI is InChI=1S/C7H7ClNO2S/c1-6-2-4-7(5-3-6)12(10,11)9-8/h2-5,9H,1H2/q+1. The van der Waals surface area contributed by atoms with Crippen molar-refractivity contribution in [2.24, 2.45) is 0 Å². The highest BCUT2D eigenvalue weighted by Crippen LogP contribution is 2.16. The van der Waals surface area contributed by atoms with E-state index in [0.717, 1.165) is 5.57 Å². The van der Waals surface area contributed by atoms with Crippen LogP contribution in [0.5, 0.6) is 0 Å². The van der Waals surface area contributed by atoms with E-state index in [4.69, 9.17) is 11.8 Å². The van der Waals surface area contributed by atoms with Gasteiger partial charge in [-0.25, -0.2) is 0 Å². The van der Waals surface area contributed by atoms with Gasteiger partial charge in [0.25, 0.3) is 10.0 Å². The van der Waals surface area contributed by atoms with Crippen molar-refractivity contribution < 1.29 is 8.42 Å². The Kier molecular flexibility index (Phi) is 2.62. The molecule has 0 fully saturated rings. The molecule has 0 radical (unpaired) electrons. The van der Waals surface area contributed by atoms with E-state index in [9.17, 15) is 8.42 Å². The van der Waals surface area contributed by atoms with E-state index in [-0.39, 0.29) is 4.91 Å². The molecule has 3 nitrogen and oxygen atoms in total. The number of hydrogen-bond acceptors (Lipinski definition) is 2. The van der Waals surface area contributed by atoms with Crippen molar-refractivity contribution in [3.63, 3.8) is 0 Å². The van der Waals surface area contributed by atoms with Crippen molar-refractivity contribution in [1.29, 1.82) is 0 Å². The number of rotatable bonds is 2. The van der Waals surface area contributed by atoms with Crippen LogP contribution in [0, 0.1) is 6.42 Å². The van der Waals surface area contributed by atoms with E-state index >= 15 is 0 Å². The summed E-state index contributed by atoms with van der Waals surface area (Å²) in [7, 11) is -3.53. The fraction of sp³-hybridized carbons (Fsp3) is 0. The second-order valence-corrected chi connectivity index (χ2v) is 4.32. The van der Waals surface area contributed by atoms with Gasteiger partial charge in [0.15, 0.2) is 4.91 Å². The van der Waals surface area contributed by atoms with Gasteiger partial charge in [0.2, 0.25) is 0 Å². The highest BCUT2D eigenvalue weighted by atomic mass is 35.5. The minimum atomic E-state index is -3.53. The van der Waals surface area contributed by atoms with Crippen LogP contribution in [0.15, 0.2) is 35.3 Å². The fourth-order valence-corrected chi connectivity index (χ4v) is 1.56. The maximum absolute atomic E-state index is 11.0. The molecule has 0 spiro atoms. The Bertz CT molecular complexity index is 354. The van der Waals surface area contributed by atoms with Crippen molar-refractivity contribution in [2.75, 3.05) is 0 Å². The smallest absolute Gasteiger partial charge is 0.195 e. The minimum absolute atomic E-state index is 0.130. The third-order valence-electron chi connectivity index (χ3n) is 1.34. The number of hydrogen-bond donors (Lipinski definition) is 1. The van der Waals surface area contributed by atoms with Crippen LogP contribution < -0.4 is 4.24 Å². The third-order valence-corrected chi connectivity index (χ3v) is 3.04. The van der Waals surface area contributed by atoms with Crippen LogP contribution in [0.1, 0.15) is 0 Å². The number of nitrogens with one attached hydrogen (secondary N) is 1. The number of allylic oxidation sites excluding steroid dienone is 4. The van der Waals surface area contributed by atoms with Crippen LogP contribution in [0.3, 0.4) is 0 Å². The van der Waals surface area contributed by atoms with Gasteiger partial charge in [-0.2, -0.15) is 8.42 Å². The Morgan fingerprint density at radius 2 is 2.17 bits per heavy atom. The zero-order chi connectivity index (χ0) is 9.19. The predicted molar refractivity (Wildman–Crippen MR) is 48.6 cm³/mol. The Morgan fingerprint density at radius 3 is 2.58 bits per heavy atom. The quantitative estimate of drug-likeness (QED) is 0.544. The molecule has 0 aromatic rings. The molecular weight excluding hydrogens is 198 g/mol. The summed E-state index contributed by atoms with van der Waals surface area (Å²) in [6, 6.07) is 0. The van der Waals surface area contributed by atoms with Gasteiger partial charge in [-0.3, -0.25) is 0 Å². The Balaban J connectivity index is 2.95. The minimum Gasteiger partial charge on any atom is -0.195 e. The second-order valence-electron chi connectivity index (χ2n) is 2.22. The predicted octanol–water partition coefficient (Wildman–Crippen LogP) is 1.27. The van der Waals surface area contributed by atoms with Crippen molar-refractivity contribution in [3.8, 4) is 0 Å². The van der Waals surface area contributed by atoms with E-state index in [1.54, 1.807) is 16.7 Å². The van der Waals surface area contributed by atoms with Crippen LogP contribution in [0.2, 0.25) is 0 Å². The van der Waals surface area contributed by atoms with E-state index in [1.165, 1.54) is 12.2 Å². The van der Waals surface area contributed by atoms with Gasteiger partial charge in [-0.1, -0.05) is 0 Å². The first kappa shape index (κ1) is 9.38. The lowest BCUT2D eigenvalue weighted by Crippen LogP contribution is -2.15. The largest absolute Gasteiger partial charge is 0.288 e. The highest BCUT2D eigenvalue weighted by Gasteiger charge is 2.20. The van der Waals surface area contributed by atoms with Gasteiger partial charge in [0.05, 0.1) is 5.57 Å². The van der Waals surface area contributed by atoms with Crippen molar-refractivity contribution in [1.82, 2.24) is 4.24 Å². The highest BCUT2D eigenvalue weighted by molar-refractivity contribution is 7.94. The van der Waals surface area contributed by atoms with E-state index in [0.29, 0.717) is 0 Å². The van der Waals surface area contributed by atoms with Crippen LogP contribution in [-0.2, 0) is 10.0 Å². The SMILES string of the molecule is C=C1C=CC(S(=O)(=O)NCl)=C[CH+]1. The summed E-state index contributed by atoms with van der Waals surface area (Å²) in [4.78, 5) is 0.130. The van der Waals surface area contributed by atoms with Crippen molar-refractivity contribution in [2.45, 2.75) is 0 Å². The van der Waals surface area contributed by atoms with Crippen LogP contribution in [0.4, 0.5) is 0 Å². The maximum atomic E-state index is 11.0. The normalized spacial score (nSPS) is 17.1. The molecule has 0 saturated carbocycles. The fourth-order valence-electron chi connectivity index (χ4n) is 0.713. The Morgan fingerprint density at radius 1 is 1.50 bits per heavy atom. The first-order chi connectivity index (χ1) is 5.56. The summed E-state index contributed by atoms with van der Waals surface area (Å²) >= 11 is 5.01. The van der Waals surface area contributed by atoms with Crippen LogP contribution in [0.25, 0.3) is 0 Å². The van der Waals surface area contributed by atoms with Gasteiger partial charge in [0, 0.05) is 24.6 Å². The molecule has 0 amide bonds. The topological polar surface area (TPSA) is 46.2 Å². The molecule has 1 N–H and O–H groups in total. The van der Waals surface area contributed by atoms with Crippen LogP contribution in [-0.4, -0.2) is 8.42 Å². The summed E-state index contributed by atoms with van der Waals surface area (Å²) in [5, 5.41) is 0. The Labute approximate surface area is 76.6 Å². The molecule has 0 heterocycles. The average Bonchev–Trinajstić information content (AvgIpc) is 2.05. The molecule has 1 aliphatic carbocycles. The lowest BCUT2D eigenvalue weighted by molar-refractivity contribution is 0.601. The summed E-state index contributed by atoms with van der Waals surface area (Å²) in [5.74, 6) is 0. The molecule has 0 aromatic heterocycles. The van der Waals surface area contributed by atoms with Crippen molar-refractivity contribution in [3.05, 3.63) is 41.7 Å². The molecule has 1 aliphatic rings. The number of halogens is 1. The molecule has 12 heavy (non-hydrogen) atoms. The summed E-state index contributed by atoms with van der Waals surface area (Å²) < 4.78 is 23.8. The molecule has 5 heteroatoms.